The van der Waals surface area contributed by atoms with Gasteiger partial charge < -0.3 is 10.1 Å². The normalized spacial score (nSPS) is 11.7. The maximum Gasteiger partial charge on any atom is 0.435 e. The van der Waals surface area contributed by atoms with Crippen LogP contribution in [0.1, 0.15) is 11.3 Å². The van der Waals surface area contributed by atoms with E-state index in [0.717, 1.165) is 22.0 Å². The standard InChI is InChI=1S/C15H13F3N4O/c1-23-11-4-2-10(3-5-11)8-19-12-6-7-21-22-13(15(16,17)18)9-20-14(12)22/h2-7,9,19H,8H2,1H3. The summed E-state index contributed by atoms with van der Waals surface area (Å²) in [6.45, 7) is 0.442. The number of aromatic nitrogens is 3. The van der Waals surface area contributed by atoms with Crippen LogP contribution in [0.5, 0.6) is 5.75 Å². The van der Waals surface area contributed by atoms with Gasteiger partial charge >= 0.3 is 6.18 Å². The molecule has 1 N–H and O–H groups in total. The summed E-state index contributed by atoms with van der Waals surface area (Å²) in [5, 5.41) is 6.80. The number of nitrogens with zero attached hydrogens (tertiary/aromatic N) is 3. The first-order chi connectivity index (χ1) is 11.0. The molecule has 0 amide bonds. The van der Waals surface area contributed by atoms with E-state index in [4.69, 9.17) is 4.74 Å². The second-order valence-electron chi connectivity index (χ2n) is 4.82. The summed E-state index contributed by atoms with van der Waals surface area (Å²) in [6.07, 6.45) is -2.41. The Hall–Kier alpha value is -2.77. The number of methoxy groups -OCH3 is 1. The molecule has 0 aliphatic carbocycles. The Morgan fingerprint density at radius 3 is 2.57 bits per heavy atom. The first kappa shape index (κ1) is 15.1. The highest BCUT2D eigenvalue weighted by atomic mass is 19.4. The largest absolute Gasteiger partial charge is 0.497 e. The van der Waals surface area contributed by atoms with Gasteiger partial charge in [-0.2, -0.15) is 18.3 Å². The second-order valence-corrected chi connectivity index (χ2v) is 4.82. The van der Waals surface area contributed by atoms with E-state index in [1.807, 2.05) is 24.3 Å². The number of benzene rings is 1. The van der Waals surface area contributed by atoms with E-state index in [-0.39, 0.29) is 5.65 Å². The summed E-state index contributed by atoms with van der Waals surface area (Å²) in [6, 6.07) is 8.97. The van der Waals surface area contributed by atoms with E-state index in [1.165, 1.54) is 6.20 Å². The van der Waals surface area contributed by atoms with Crippen LogP contribution in [-0.4, -0.2) is 21.7 Å². The average molecular weight is 322 g/mol. The van der Waals surface area contributed by atoms with E-state index in [0.29, 0.717) is 12.2 Å². The molecular weight excluding hydrogens is 309 g/mol. The number of hydrogen-bond donors (Lipinski definition) is 1. The molecular formula is C15H13F3N4O. The van der Waals surface area contributed by atoms with Crippen molar-refractivity contribution in [2.45, 2.75) is 12.7 Å². The van der Waals surface area contributed by atoms with Crippen molar-refractivity contribution in [2.24, 2.45) is 0 Å². The van der Waals surface area contributed by atoms with Gasteiger partial charge in [0.2, 0.25) is 0 Å². The predicted molar refractivity (Wildman–Crippen MR) is 78.3 cm³/mol. The molecule has 0 aliphatic heterocycles. The third kappa shape index (κ3) is 3.05. The second kappa shape index (κ2) is 5.79. The zero-order valence-electron chi connectivity index (χ0n) is 12.1. The van der Waals surface area contributed by atoms with Crippen molar-refractivity contribution in [1.82, 2.24) is 14.6 Å². The number of ether oxygens (including phenoxy) is 1. The van der Waals surface area contributed by atoms with Crippen LogP contribution >= 0.6 is 0 Å². The molecule has 0 atom stereocenters. The topological polar surface area (TPSA) is 51.5 Å². The molecule has 120 valence electrons. The molecule has 0 saturated carbocycles. The van der Waals surface area contributed by atoms with Gasteiger partial charge in [-0.05, 0) is 23.8 Å². The highest BCUT2D eigenvalue weighted by Crippen LogP contribution is 2.30. The minimum atomic E-state index is -4.50. The fourth-order valence-electron chi connectivity index (χ4n) is 2.17. The number of rotatable bonds is 4. The number of halogens is 3. The number of anilines is 1. The van der Waals surface area contributed by atoms with Crippen molar-refractivity contribution in [2.75, 3.05) is 12.4 Å². The van der Waals surface area contributed by atoms with Gasteiger partial charge in [-0.15, -0.1) is 0 Å². The summed E-state index contributed by atoms with van der Waals surface area (Å²) >= 11 is 0. The van der Waals surface area contributed by atoms with Gasteiger partial charge in [-0.3, -0.25) is 0 Å². The molecule has 0 fully saturated rings. The molecule has 3 aromatic rings. The molecule has 0 aliphatic rings. The lowest BCUT2D eigenvalue weighted by Crippen LogP contribution is -2.11. The summed E-state index contributed by atoms with van der Waals surface area (Å²) in [5.41, 5.74) is 0.670. The van der Waals surface area contributed by atoms with Crippen LogP contribution in [0.3, 0.4) is 0 Å². The van der Waals surface area contributed by atoms with Crippen LogP contribution < -0.4 is 10.1 Å². The Balaban J connectivity index is 1.84. The van der Waals surface area contributed by atoms with E-state index in [2.05, 4.69) is 15.4 Å². The van der Waals surface area contributed by atoms with Gasteiger partial charge in [0.15, 0.2) is 11.3 Å². The van der Waals surface area contributed by atoms with Crippen molar-refractivity contribution in [3.05, 3.63) is 54.0 Å². The van der Waals surface area contributed by atoms with Crippen molar-refractivity contribution in [3.63, 3.8) is 0 Å². The minimum Gasteiger partial charge on any atom is -0.497 e. The molecule has 5 nitrogen and oxygen atoms in total. The van der Waals surface area contributed by atoms with Crippen LogP contribution in [-0.2, 0) is 12.7 Å². The lowest BCUT2D eigenvalue weighted by atomic mass is 10.2. The molecule has 1 aromatic carbocycles. The number of fused-ring (bicyclic) bond motifs is 1. The maximum absolute atomic E-state index is 12.9. The maximum atomic E-state index is 12.9. The summed E-state index contributed by atoms with van der Waals surface area (Å²) < 4.78 is 44.5. The number of imidazole rings is 1. The Labute approximate surface area is 129 Å². The molecule has 8 heteroatoms. The Bertz CT molecular complexity index is 812. The quantitative estimate of drug-likeness (QED) is 0.800. The summed E-state index contributed by atoms with van der Waals surface area (Å²) in [4.78, 5) is 3.82. The molecule has 0 radical (unpaired) electrons. The van der Waals surface area contributed by atoms with Gasteiger partial charge in [-0.1, -0.05) is 12.1 Å². The van der Waals surface area contributed by atoms with Crippen molar-refractivity contribution < 1.29 is 17.9 Å². The monoisotopic (exact) mass is 322 g/mol. The molecule has 0 bridgehead atoms. The van der Waals surface area contributed by atoms with Crippen molar-refractivity contribution in [3.8, 4) is 5.75 Å². The van der Waals surface area contributed by atoms with Crippen LogP contribution in [0.15, 0.2) is 42.7 Å². The number of alkyl halides is 3. The highest BCUT2D eigenvalue weighted by Gasteiger charge is 2.35. The number of hydrogen-bond acceptors (Lipinski definition) is 4. The van der Waals surface area contributed by atoms with E-state index < -0.39 is 11.9 Å². The Morgan fingerprint density at radius 1 is 1.17 bits per heavy atom. The van der Waals surface area contributed by atoms with Crippen LogP contribution in [0.2, 0.25) is 0 Å². The molecule has 3 rings (SSSR count). The lowest BCUT2D eigenvalue weighted by molar-refractivity contribution is -0.142. The molecule has 2 aromatic heterocycles. The van der Waals surface area contributed by atoms with Crippen molar-refractivity contribution >= 4 is 11.3 Å². The van der Waals surface area contributed by atoms with Crippen LogP contribution in [0.4, 0.5) is 18.9 Å². The minimum absolute atomic E-state index is 0.133. The molecule has 0 saturated heterocycles. The smallest absolute Gasteiger partial charge is 0.435 e. The molecule has 2 heterocycles. The first-order valence-corrected chi connectivity index (χ1v) is 6.76. The molecule has 0 spiro atoms. The summed E-state index contributed by atoms with van der Waals surface area (Å²) in [7, 11) is 1.58. The van der Waals surface area contributed by atoms with Gasteiger partial charge in [0, 0.05) is 6.54 Å². The fourth-order valence-corrected chi connectivity index (χ4v) is 2.17. The van der Waals surface area contributed by atoms with Gasteiger partial charge in [-0.25, -0.2) is 9.50 Å². The predicted octanol–water partition coefficient (Wildman–Crippen LogP) is 3.37. The number of nitrogens with one attached hydrogen (secondary N) is 1. The van der Waals surface area contributed by atoms with Crippen LogP contribution in [0, 0.1) is 0 Å². The first-order valence-electron chi connectivity index (χ1n) is 6.76. The highest BCUT2D eigenvalue weighted by molar-refractivity contribution is 5.67. The van der Waals surface area contributed by atoms with Gasteiger partial charge in [0.05, 0.1) is 25.2 Å². The Morgan fingerprint density at radius 2 is 1.91 bits per heavy atom. The van der Waals surface area contributed by atoms with Crippen molar-refractivity contribution in [1.29, 1.82) is 0 Å². The third-order valence-electron chi connectivity index (χ3n) is 3.33. The summed E-state index contributed by atoms with van der Waals surface area (Å²) in [5.74, 6) is 0.739. The van der Waals surface area contributed by atoms with Gasteiger partial charge in [0.25, 0.3) is 0 Å². The van der Waals surface area contributed by atoms with E-state index in [9.17, 15) is 13.2 Å². The third-order valence-corrected chi connectivity index (χ3v) is 3.33. The van der Waals surface area contributed by atoms with Gasteiger partial charge in [0.1, 0.15) is 5.75 Å². The molecule has 23 heavy (non-hydrogen) atoms. The lowest BCUT2D eigenvalue weighted by Gasteiger charge is -2.09. The molecule has 0 unspecified atom stereocenters. The zero-order valence-corrected chi connectivity index (χ0v) is 12.1. The SMILES string of the molecule is COc1ccc(CNc2ccnn3c(C(F)(F)F)cnc23)cc1. The fraction of sp³-hybridized carbons (Fsp3) is 0.200. The zero-order chi connectivity index (χ0) is 16.4. The average Bonchev–Trinajstić information content (AvgIpc) is 2.98. The van der Waals surface area contributed by atoms with Crippen LogP contribution in [0.25, 0.3) is 5.65 Å². The van der Waals surface area contributed by atoms with E-state index in [1.54, 1.807) is 13.2 Å². The Kier molecular flexibility index (Phi) is 3.81. The van der Waals surface area contributed by atoms with E-state index >= 15 is 0 Å².